The van der Waals surface area contributed by atoms with Crippen LogP contribution in [0.1, 0.15) is 37.7 Å². The molecule has 3 nitrogen and oxygen atoms in total. The van der Waals surface area contributed by atoms with E-state index in [1.807, 2.05) is 0 Å². The fourth-order valence-electron chi connectivity index (χ4n) is 2.13. The first-order chi connectivity index (χ1) is 8.16. The van der Waals surface area contributed by atoms with Crippen LogP contribution in [-0.4, -0.2) is 11.9 Å². The van der Waals surface area contributed by atoms with Gasteiger partial charge in [-0.1, -0.05) is 6.42 Å². The number of ether oxygens (including phenoxy) is 1. The molecule has 1 aliphatic carbocycles. The summed E-state index contributed by atoms with van der Waals surface area (Å²) in [5, 5.41) is 7.23. The van der Waals surface area contributed by atoms with Crippen molar-refractivity contribution in [3.05, 3.63) is 29.6 Å². The predicted octanol–water partition coefficient (Wildman–Crippen LogP) is 2.82. The number of nitrogen functional groups attached to an aromatic ring is 1. The lowest BCUT2D eigenvalue weighted by atomic mass is 9.98. The standard InChI is InChI=1S/C13H17FN2O/c14-11-8-9(13(15)16)6-7-12(11)17-10-4-2-1-3-5-10/h6-8,10H,1-5H2,(H3,15,16). The van der Waals surface area contributed by atoms with Gasteiger partial charge in [0.05, 0.1) is 6.10 Å². The highest BCUT2D eigenvalue weighted by Gasteiger charge is 2.16. The van der Waals surface area contributed by atoms with Crippen LogP contribution >= 0.6 is 0 Å². The van der Waals surface area contributed by atoms with Crippen LogP contribution in [0.3, 0.4) is 0 Å². The lowest BCUT2D eigenvalue weighted by Crippen LogP contribution is -2.20. The summed E-state index contributed by atoms with van der Waals surface area (Å²) in [5.74, 6) is -0.307. The van der Waals surface area contributed by atoms with Gasteiger partial charge in [-0.05, 0) is 43.9 Å². The summed E-state index contributed by atoms with van der Waals surface area (Å²) in [6, 6.07) is 4.42. The van der Waals surface area contributed by atoms with Crippen LogP contribution in [0, 0.1) is 11.2 Å². The molecule has 0 spiro atoms. The van der Waals surface area contributed by atoms with E-state index in [4.69, 9.17) is 15.9 Å². The molecule has 4 heteroatoms. The minimum absolute atomic E-state index is 0.126. The predicted molar refractivity (Wildman–Crippen MR) is 64.9 cm³/mol. The molecule has 0 bridgehead atoms. The molecule has 1 aliphatic rings. The van der Waals surface area contributed by atoms with Crippen LogP contribution in [0.15, 0.2) is 18.2 Å². The fraction of sp³-hybridized carbons (Fsp3) is 0.462. The number of rotatable bonds is 3. The molecule has 1 aromatic rings. The van der Waals surface area contributed by atoms with Crippen molar-refractivity contribution < 1.29 is 9.13 Å². The Morgan fingerprint density at radius 3 is 2.59 bits per heavy atom. The van der Waals surface area contributed by atoms with Gasteiger partial charge in [-0.2, -0.15) is 0 Å². The number of hydrogen-bond acceptors (Lipinski definition) is 2. The molecule has 17 heavy (non-hydrogen) atoms. The Hall–Kier alpha value is -1.58. The maximum absolute atomic E-state index is 13.7. The Labute approximate surface area is 100 Å². The van der Waals surface area contributed by atoms with E-state index in [2.05, 4.69) is 0 Å². The van der Waals surface area contributed by atoms with Crippen molar-refractivity contribution in [1.82, 2.24) is 0 Å². The van der Waals surface area contributed by atoms with Gasteiger partial charge in [0, 0.05) is 5.56 Å². The van der Waals surface area contributed by atoms with Gasteiger partial charge in [-0.15, -0.1) is 0 Å². The third kappa shape index (κ3) is 2.96. The van der Waals surface area contributed by atoms with Crippen molar-refractivity contribution >= 4 is 5.84 Å². The molecule has 1 fully saturated rings. The van der Waals surface area contributed by atoms with Gasteiger partial charge in [0.2, 0.25) is 0 Å². The zero-order valence-electron chi connectivity index (χ0n) is 9.71. The molecule has 92 valence electrons. The van der Waals surface area contributed by atoms with E-state index in [1.54, 1.807) is 12.1 Å². The second-order valence-corrected chi connectivity index (χ2v) is 4.44. The molecule has 0 aliphatic heterocycles. The second-order valence-electron chi connectivity index (χ2n) is 4.44. The van der Waals surface area contributed by atoms with Gasteiger partial charge in [0.15, 0.2) is 11.6 Å². The third-order valence-corrected chi connectivity index (χ3v) is 3.09. The SMILES string of the molecule is N=C(N)c1ccc(OC2CCCCC2)c(F)c1. The van der Waals surface area contributed by atoms with E-state index >= 15 is 0 Å². The smallest absolute Gasteiger partial charge is 0.165 e. The molecule has 1 saturated carbocycles. The molecule has 0 atom stereocenters. The summed E-state index contributed by atoms with van der Waals surface area (Å²) < 4.78 is 19.3. The van der Waals surface area contributed by atoms with Crippen LogP contribution in [-0.2, 0) is 0 Å². The highest BCUT2D eigenvalue weighted by atomic mass is 19.1. The van der Waals surface area contributed by atoms with E-state index in [-0.39, 0.29) is 17.7 Å². The first kappa shape index (κ1) is 11.9. The molecule has 1 aromatic carbocycles. The number of nitrogens with two attached hydrogens (primary N) is 1. The molecule has 0 amide bonds. The summed E-state index contributed by atoms with van der Waals surface area (Å²) in [7, 11) is 0. The summed E-state index contributed by atoms with van der Waals surface area (Å²) in [6.45, 7) is 0. The van der Waals surface area contributed by atoms with E-state index in [1.165, 1.54) is 12.5 Å². The normalized spacial score (nSPS) is 16.8. The number of halogens is 1. The Morgan fingerprint density at radius 1 is 1.29 bits per heavy atom. The fourth-order valence-corrected chi connectivity index (χ4v) is 2.13. The Balaban J connectivity index is 2.08. The van der Waals surface area contributed by atoms with Crippen molar-refractivity contribution in [2.45, 2.75) is 38.2 Å². The van der Waals surface area contributed by atoms with Gasteiger partial charge in [-0.3, -0.25) is 5.41 Å². The van der Waals surface area contributed by atoms with Crippen molar-refractivity contribution in [2.75, 3.05) is 0 Å². The summed E-state index contributed by atoms with van der Waals surface area (Å²) >= 11 is 0. The molecule has 0 unspecified atom stereocenters. The average Bonchev–Trinajstić information content (AvgIpc) is 2.33. The van der Waals surface area contributed by atoms with Crippen LogP contribution in [0.25, 0.3) is 0 Å². The van der Waals surface area contributed by atoms with Crippen LogP contribution in [0.4, 0.5) is 4.39 Å². The summed E-state index contributed by atoms with van der Waals surface area (Å²) in [4.78, 5) is 0. The van der Waals surface area contributed by atoms with Crippen LogP contribution in [0.5, 0.6) is 5.75 Å². The summed E-state index contributed by atoms with van der Waals surface area (Å²) in [6.07, 6.45) is 5.66. The largest absolute Gasteiger partial charge is 0.487 e. The first-order valence-electron chi connectivity index (χ1n) is 5.97. The Bertz CT molecular complexity index is 414. The van der Waals surface area contributed by atoms with Crippen LogP contribution < -0.4 is 10.5 Å². The monoisotopic (exact) mass is 236 g/mol. The molecular formula is C13H17FN2O. The quantitative estimate of drug-likeness (QED) is 0.626. The molecule has 0 heterocycles. The Morgan fingerprint density at radius 2 is 2.00 bits per heavy atom. The molecule has 3 N–H and O–H groups in total. The zero-order chi connectivity index (χ0) is 12.3. The van der Waals surface area contributed by atoms with Crippen molar-refractivity contribution in [2.24, 2.45) is 5.73 Å². The van der Waals surface area contributed by atoms with E-state index in [0.29, 0.717) is 5.56 Å². The molecule has 0 saturated heterocycles. The lowest BCUT2D eigenvalue weighted by molar-refractivity contribution is 0.148. The van der Waals surface area contributed by atoms with Gasteiger partial charge < -0.3 is 10.5 Å². The highest BCUT2D eigenvalue weighted by Crippen LogP contribution is 2.25. The summed E-state index contributed by atoms with van der Waals surface area (Å²) in [5.41, 5.74) is 5.68. The maximum Gasteiger partial charge on any atom is 0.165 e. The second kappa shape index (κ2) is 5.17. The number of hydrogen-bond donors (Lipinski definition) is 2. The van der Waals surface area contributed by atoms with Gasteiger partial charge in [0.1, 0.15) is 5.84 Å². The average molecular weight is 236 g/mol. The van der Waals surface area contributed by atoms with Gasteiger partial charge >= 0.3 is 0 Å². The van der Waals surface area contributed by atoms with E-state index < -0.39 is 5.82 Å². The zero-order valence-corrected chi connectivity index (χ0v) is 9.71. The highest BCUT2D eigenvalue weighted by molar-refractivity contribution is 5.95. The molecular weight excluding hydrogens is 219 g/mol. The molecule has 2 rings (SSSR count). The van der Waals surface area contributed by atoms with Crippen molar-refractivity contribution in [1.29, 1.82) is 5.41 Å². The minimum atomic E-state index is -0.441. The number of benzene rings is 1. The van der Waals surface area contributed by atoms with Crippen molar-refractivity contribution in [3.63, 3.8) is 0 Å². The van der Waals surface area contributed by atoms with Gasteiger partial charge in [0.25, 0.3) is 0 Å². The molecule has 0 radical (unpaired) electrons. The minimum Gasteiger partial charge on any atom is -0.487 e. The maximum atomic E-state index is 13.7. The number of nitrogens with one attached hydrogen (secondary N) is 1. The van der Waals surface area contributed by atoms with E-state index in [0.717, 1.165) is 25.7 Å². The third-order valence-electron chi connectivity index (χ3n) is 3.09. The van der Waals surface area contributed by atoms with E-state index in [9.17, 15) is 4.39 Å². The first-order valence-corrected chi connectivity index (χ1v) is 5.97. The topological polar surface area (TPSA) is 59.1 Å². The van der Waals surface area contributed by atoms with Gasteiger partial charge in [-0.25, -0.2) is 4.39 Å². The Kier molecular flexibility index (Phi) is 3.61. The lowest BCUT2D eigenvalue weighted by Gasteiger charge is -2.23. The molecule has 0 aromatic heterocycles. The van der Waals surface area contributed by atoms with Crippen molar-refractivity contribution in [3.8, 4) is 5.75 Å². The number of amidine groups is 1. The van der Waals surface area contributed by atoms with Crippen LogP contribution in [0.2, 0.25) is 0 Å².